The van der Waals surface area contributed by atoms with Gasteiger partial charge in [-0.05, 0) is 0 Å². The van der Waals surface area contributed by atoms with E-state index in [2.05, 4.69) is 0 Å². The SMILES string of the molecule is [Cl][Fe-]([Cl])([Cl])[Cl].[Na+]. The summed E-state index contributed by atoms with van der Waals surface area (Å²) >= 11 is 0. The van der Waals surface area contributed by atoms with Gasteiger partial charge >= 0.3 is 79.1 Å². The van der Waals surface area contributed by atoms with Crippen LogP contribution in [0.5, 0.6) is 0 Å². The Morgan fingerprint density at radius 1 is 0.833 bits per heavy atom. The average Bonchev–Trinajstić information content (AvgIpc) is 0.722. The molecule has 6 heteroatoms. The van der Waals surface area contributed by atoms with E-state index in [1.165, 1.54) is 0 Å². The minimum atomic E-state index is -2.61. The molecule has 0 atom stereocenters. The van der Waals surface area contributed by atoms with Gasteiger partial charge in [0.15, 0.2) is 0 Å². The molecule has 0 nitrogen and oxygen atoms in total. The molecule has 0 rings (SSSR count). The summed E-state index contributed by atoms with van der Waals surface area (Å²) in [6, 6.07) is 0. The van der Waals surface area contributed by atoms with Gasteiger partial charge in [-0.1, -0.05) is 0 Å². The maximum absolute atomic E-state index is 4.95. The first kappa shape index (κ1) is 11.5. The van der Waals surface area contributed by atoms with Crippen LogP contribution in [-0.2, 0) is 9.20 Å². The van der Waals surface area contributed by atoms with Crippen LogP contribution in [-0.4, -0.2) is 0 Å². The van der Waals surface area contributed by atoms with Crippen LogP contribution in [0.2, 0.25) is 0 Å². The third kappa shape index (κ3) is 30.0. The van der Waals surface area contributed by atoms with Crippen LogP contribution in [0, 0.1) is 0 Å². The molecule has 0 aromatic rings. The van der Waals surface area contributed by atoms with Crippen LogP contribution in [0.3, 0.4) is 0 Å². The van der Waals surface area contributed by atoms with Gasteiger partial charge in [0.1, 0.15) is 0 Å². The summed E-state index contributed by atoms with van der Waals surface area (Å²) in [5.41, 5.74) is 0. The summed E-state index contributed by atoms with van der Waals surface area (Å²) in [4.78, 5) is 0. The second kappa shape index (κ2) is 4.55. The summed E-state index contributed by atoms with van der Waals surface area (Å²) in [6.45, 7) is 0. The van der Waals surface area contributed by atoms with Crippen LogP contribution in [0.4, 0.5) is 0 Å². The molecule has 0 saturated heterocycles. The Bertz CT molecular complexity index is 23.0. The molecule has 0 radical (unpaired) electrons. The molecule has 37 valence electrons. The van der Waals surface area contributed by atoms with Gasteiger partial charge < -0.3 is 0 Å². The summed E-state index contributed by atoms with van der Waals surface area (Å²) in [7, 11) is 17.2. The molecule has 0 heterocycles. The number of rotatable bonds is 0. The van der Waals surface area contributed by atoms with Gasteiger partial charge in [0.2, 0.25) is 0 Å². The molecule has 6 heavy (non-hydrogen) atoms. The zero-order chi connectivity index (χ0) is 4.50. The number of hydrogen-bond donors (Lipinski definition) is 0. The average molecular weight is 221 g/mol. The fourth-order valence-corrected chi connectivity index (χ4v) is 0. The second-order valence-electron chi connectivity index (χ2n) is 0.303. The van der Waals surface area contributed by atoms with Crippen molar-refractivity contribution in [2.45, 2.75) is 0 Å². The van der Waals surface area contributed by atoms with Crippen molar-refractivity contribution < 1.29 is 38.8 Å². The van der Waals surface area contributed by atoms with E-state index >= 15 is 0 Å². The second-order valence-corrected chi connectivity index (χ2v) is 11.2. The Morgan fingerprint density at radius 2 is 0.833 bits per heavy atom. The van der Waals surface area contributed by atoms with Crippen LogP contribution < -0.4 is 29.6 Å². The molecule has 0 aliphatic carbocycles. The predicted octanol–water partition coefficient (Wildman–Crippen LogP) is -0.241. The van der Waals surface area contributed by atoms with Crippen LogP contribution >= 0.6 is 40.4 Å². The third-order valence-electron chi connectivity index (χ3n) is 0. The smallest absolute Gasteiger partial charge is 1.00 e. The van der Waals surface area contributed by atoms with E-state index in [1.54, 1.807) is 0 Å². The normalized spacial score (nSPS) is 12.7. The minimum absolute atomic E-state index is 0. The van der Waals surface area contributed by atoms with Gasteiger partial charge in [0, 0.05) is 0 Å². The van der Waals surface area contributed by atoms with Gasteiger partial charge in [0.05, 0.1) is 0 Å². The van der Waals surface area contributed by atoms with Gasteiger partial charge in [-0.2, -0.15) is 0 Å². The predicted molar refractivity (Wildman–Crippen MR) is 23.4 cm³/mol. The van der Waals surface area contributed by atoms with E-state index < -0.39 is 9.20 Å². The van der Waals surface area contributed by atoms with Crippen LogP contribution in [0.15, 0.2) is 0 Å². The van der Waals surface area contributed by atoms with Crippen molar-refractivity contribution in [2.75, 3.05) is 0 Å². The van der Waals surface area contributed by atoms with E-state index in [0.717, 1.165) is 0 Å². The monoisotopic (exact) mass is 219 g/mol. The fraction of sp³-hybridized carbons (Fsp3) is 0. The van der Waals surface area contributed by atoms with E-state index in [0.29, 0.717) is 0 Å². The van der Waals surface area contributed by atoms with Gasteiger partial charge in [-0.15, -0.1) is 0 Å². The molecule has 0 aromatic heterocycles. The first-order valence-electron chi connectivity index (χ1n) is 0.535. The van der Waals surface area contributed by atoms with Crippen LogP contribution in [0.25, 0.3) is 0 Å². The molecular weight excluding hydrogens is 221 g/mol. The quantitative estimate of drug-likeness (QED) is 0.495. The van der Waals surface area contributed by atoms with Crippen molar-refractivity contribution >= 4 is 40.4 Å². The molecule has 0 fully saturated rings. The van der Waals surface area contributed by atoms with Crippen molar-refractivity contribution in [1.82, 2.24) is 0 Å². The Balaban J connectivity index is 0. The molecule has 0 aliphatic rings. The van der Waals surface area contributed by atoms with E-state index in [9.17, 15) is 0 Å². The van der Waals surface area contributed by atoms with Crippen molar-refractivity contribution in [3.05, 3.63) is 0 Å². The Kier molecular flexibility index (Phi) is 8.70. The van der Waals surface area contributed by atoms with Crippen molar-refractivity contribution in [3.8, 4) is 0 Å². The number of hydrogen-bond acceptors (Lipinski definition) is 0. The molecule has 0 bridgehead atoms. The fourth-order valence-electron chi connectivity index (χ4n) is 0. The summed E-state index contributed by atoms with van der Waals surface area (Å²) < 4.78 is 0. The van der Waals surface area contributed by atoms with Crippen LogP contribution in [0.1, 0.15) is 0 Å². The molecule has 0 aromatic carbocycles. The Labute approximate surface area is 77.9 Å². The molecule has 0 spiro atoms. The van der Waals surface area contributed by atoms with Gasteiger partial charge in [-0.25, -0.2) is 0 Å². The standard InChI is InChI=1S/4ClH.Fe.Na/h4*1H;;/q;;;;+3;+1/p-4. The molecule has 0 aliphatic heterocycles. The van der Waals surface area contributed by atoms with Crippen molar-refractivity contribution in [2.24, 2.45) is 0 Å². The zero-order valence-corrected chi connectivity index (χ0v) is 8.99. The first-order chi connectivity index (χ1) is 2.00. The Hall–Kier alpha value is 2.68. The summed E-state index contributed by atoms with van der Waals surface area (Å²) in [5.74, 6) is 0. The third-order valence-corrected chi connectivity index (χ3v) is 0. The van der Waals surface area contributed by atoms with E-state index in [1.807, 2.05) is 0 Å². The topological polar surface area (TPSA) is 0 Å². The molecule has 0 amide bonds. The van der Waals surface area contributed by atoms with E-state index in [-0.39, 0.29) is 29.6 Å². The summed E-state index contributed by atoms with van der Waals surface area (Å²) in [6.07, 6.45) is 0. The maximum atomic E-state index is 4.95. The first-order valence-corrected chi connectivity index (χ1v) is 6.61. The molecule has 0 saturated carbocycles. The van der Waals surface area contributed by atoms with Gasteiger partial charge in [0.25, 0.3) is 0 Å². The summed E-state index contributed by atoms with van der Waals surface area (Å²) in [5, 5.41) is 0. The zero-order valence-electron chi connectivity index (χ0n) is 2.87. The Morgan fingerprint density at radius 3 is 0.833 bits per heavy atom. The van der Waals surface area contributed by atoms with Crippen molar-refractivity contribution in [1.29, 1.82) is 0 Å². The van der Waals surface area contributed by atoms with Gasteiger partial charge in [-0.3, -0.25) is 0 Å². The largest absolute Gasteiger partial charge is 1.00 e. The number of halogens is 4. The minimum Gasteiger partial charge on any atom is 1.00 e. The van der Waals surface area contributed by atoms with Crippen molar-refractivity contribution in [3.63, 3.8) is 0 Å². The van der Waals surface area contributed by atoms with E-state index in [4.69, 9.17) is 40.4 Å². The maximum Gasteiger partial charge on any atom is 1.00 e. The molecule has 0 unspecified atom stereocenters. The molecular formula is Cl4FeNa. The molecule has 0 N–H and O–H groups in total.